The molecule has 1 fully saturated rings. The van der Waals surface area contributed by atoms with Crippen molar-refractivity contribution in [2.24, 2.45) is 0 Å². The van der Waals surface area contributed by atoms with E-state index in [-0.39, 0.29) is 59.8 Å². The third kappa shape index (κ3) is 3.26. The van der Waals surface area contributed by atoms with Crippen molar-refractivity contribution in [1.29, 1.82) is 0 Å². The molecule has 0 aromatic carbocycles. The van der Waals surface area contributed by atoms with E-state index in [0.717, 1.165) is 0 Å². The summed E-state index contributed by atoms with van der Waals surface area (Å²) in [4.78, 5) is 25.2. The molecule has 0 bridgehead atoms. The number of carboxylic acids is 1. The molecule has 0 unspecified atom stereocenters. The minimum atomic E-state index is -4.06. The van der Waals surface area contributed by atoms with Crippen LogP contribution in [0.15, 0.2) is 26.1 Å². The van der Waals surface area contributed by atoms with E-state index in [1.807, 2.05) is 0 Å². The zero-order chi connectivity index (χ0) is 19.9. The number of aryl methyl sites for hydroxylation is 3. The van der Waals surface area contributed by atoms with Crippen molar-refractivity contribution in [2.75, 3.05) is 26.2 Å². The van der Waals surface area contributed by atoms with Gasteiger partial charge >= 0.3 is 5.97 Å². The molecule has 0 atom stereocenters. The summed E-state index contributed by atoms with van der Waals surface area (Å²) in [6.07, 6.45) is 1.43. The highest BCUT2D eigenvalue weighted by Crippen LogP contribution is 2.30. The number of amides is 1. The van der Waals surface area contributed by atoms with Gasteiger partial charge in [0.15, 0.2) is 5.76 Å². The van der Waals surface area contributed by atoms with Gasteiger partial charge in [0.2, 0.25) is 10.0 Å². The smallest absolute Gasteiger partial charge is 0.340 e. The van der Waals surface area contributed by atoms with E-state index < -0.39 is 16.0 Å². The molecule has 3 rings (SSSR count). The van der Waals surface area contributed by atoms with Crippen LogP contribution in [0.25, 0.3) is 0 Å². The predicted octanol–water partition coefficient (Wildman–Crippen LogP) is 1.64. The molecule has 0 spiro atoms. The number of aromatic carboxylic acids is 1. The molecule has 3 heterocycles. The van der Waals surface area contributed by atoms with Crippen molar-refractivity contribution in [2.45, 2.75) is 25.7 Å². The molecule has 27 heavy (non-hydrogen) atoms. The monoisotopic (exact) mass is 396 g/mol. The van der Waals surface area contributed by atoms with Gasteiger partial charge < -0.3 is 18.8 Å². The Bertz CT molecular complexity index is 995. The maximum absolute atomic E-state index is 13.0. The van der Waals surface area contributed by atoms with Crippen molar-refractivity contribution in [1.82, 2.24) is 9.21 Å². The van der Waals surface area contributed by atoms with Crippen LogP contribution in [0.2, 0.25) is 0 Å². The summed E-state index contributed by atoms with van der Waals surface area (Å²) >= 11 is 0. The van der Waals surface area contributed by atoms with Gasteiger partial charge in [0.05, 0.1) is 6.26 Å². The van der Waals surface area contributed by atoms with Crippen molar-refractivity contribution < 1.29 is 31.9 Å². The molecule has 10 heteroatoms. The van der Waals surface area contributed by atoms with E-state index in [9.17, 15) is 23.1 Å². The number of carboxylic acid groups (broad SMARTS) is 1. The molecule has 0 saturated carbocycles. The second-order valence-corrected chi connectivity index (χ2v) is 8.23. The van der Waals surface area contributed by atoms with E-state index in [1.54, 1.807) is 13.0 Å². The van der Waals surface area contributed by atoms with Crippen LogP contribution >= 0.6 is 0 Å². The standard InChI is InChI=1S/C17H20N2O7S/c1-10-4-9-25-14(10)16(20)18-5-7-19(8-6-18)27(23,24)15-12(3)26-11(2)13(15)17(21)22/h4,9H,5-8H2,1-3H3,(H,21,22). The molecule has 1 saturated heterocycles. The lowest BCUT2D eigenvalue weighted by molar-refractivity contribution is 0.0664. The van der Waals surface area contributed by atoms with Gasteiger partial charge in [-0.2, -0.15) is 4.31 Å². The molecule has 0 aliphatic carbocycles. The van der Waals surface area contributed by atoms with Crippen LogP contribution in [0.4, 0.5) is 0 Å². The molecule has 1 N–H and O–H groups in total. The normalized spacial score (nSPS) is 15.9. The fourth-order valence-electron chi connectivity index (χ4n) is 3.22. The number of sulfonamides is 1. The maximum Gasteiger partial charge on any atom is 0.340 e. The summed E-state index contributed by atoms with van der Waals surface area (Å²) in [5.41, 5.74) is 0.364. The first kappa shape index (κ1) is 19.2. The molecular weight excluding hydrogens is 376 g/mol. The summed E-state index contributed by atoms with van der Waals surface area (Å²) in [5, 5.41) is 9.36. The molecule has 2 aromatic heterocycles. The Morgan fingerprint density at radius 2 is 1.70 bits per heavy atom. The fourth-order valence-corrected chi connectivity index (χ4v) is 5.01. The lowest BCUT2D eigenvalue weighted by Gasteiger charge is -2.33. The number of carbonyl (C=O) groups excluding carboxylic acids is 1. The Kier molecular flexibility index (Phi) is 4.87. The maximum atomic E-state index is 13.0. The number of rotatable bonds is 4. The third-order valence-electron chi connectivity index (χ3n) is 4.60. The first-order chi connectivity index (χ1) is 12.6. The van der Waals surface area contributed by atoms with Crippen LogP contribution in [0.3, 0.4) is 0 Å². The SMILES string of the molecule is Cc1ccoc1C(=O)N1CCN(S(=O)(=O)c2c(C)oc(C)c2C(=O)O)CC1. The topological polar surface area (TPSA) is 121 Å². The van der Waals surface area contributed by atoms with Crippen molar-refractivity contribution in [3.8, 4) is 0 Å². The minimum absolute atomic E-state index is 0.0367. The van der Waals surface area contributed by atoms with E-state index in [1.165, 1.54) is 29.3 Å². The number of nitrogens with zero attached hydrogens (tertiary/aromatic N) is 2. The zero-order valence-corrected chi connectivity index (χ0v) is 16.0. The highest BCUT2D eigenvalue weighted by molar-refractivity contribution is 7.89. The van der Waals surface area contributed by atoms with Gasteiger partial charge in [-0.15, -0.1) is 0 Å². The van der Waals surface area contributed by atoms with Gasteiger partial charge in [0.1, 0.15) is 22.0 Å². The Hall–Kier alpha value is -2.59. The van der Waals surface area contributed by atoms with Gasteiger partial charge in [0.25, 0.3) is 5.91 Å². The lowest BCUT2D eigenvalue weighted by Crippen LogP contribution is -2.50. The van der Waals surface area contributed by atoms with Gasteiger partial charge in [-0.3, -0.25) is 4.79 Å². The largest absolute Gasteiger partial charge is 0.478 e. The van der Waals surface area contributed by atoms with Crippen molar-refractivity contribution >= 4 is 21.9 Å². The molecule has 9 nitrogen and oxygen atoms in total. The van der Waals surface area contributed by atoms with E-state index in [0.29, 0.717) is 5.56 Å². The number of carbonyl (C=O) groups is 2. The van der Waals surface area contributed by atoms with Crippen LogP contribution in [-0.2, 0) is 10.0 Å². The van der Waals surface area contributed by atoms with Gasteiger partial charge in [-0.1, -0.05) is 0 Å². The Balaban J connectivity index is 1.81. The van der Waals surface area contributed by atoms with Gasteiger partial charge in [0, 0.05) is 31.7 Å². The summed E-state index contributed by atoms with van der Waals surface area (Å²) in [6, 6.07) is 1.69. The number of hydrogen-bond donors (Lipinski definition) is 1. The van der Waals surface area contributed by atoms with E-state index >= 15 is 0 Å². The summed E-state index contributed by atoms with van der Waals surface area (Å²) < 4.78 is 37.6. The van der Waals surface area contributed by atoms with E-state index in [2.05, 4.69) is 0 Å². The molecule has 1 amide bonds. The predicted molar refractivity (Wildman–Crippen MR) is 93.2 cm³/mol. The van der Waals surface area contributed by atoms with Gasteiger partial charge in [-0.25, -0.2) is 13.2 Å². The number of hydrogen-bond acceptors (Lipinski definition) is 6. The highest BCUT2D eigenvalue weighted by atomic mass is 32.2. The number of furan rings is 2. The number of piperazine rings is 1. The molecule has 2 aromatic rings. The molecular formula is C17H20N2O7S. The molecule has 146 valence electrons. The molecule has 1 aliphatic heterocycles. The first-order valence-electron chi connectivity index (χ1n) is 8.31. The summed E-state index contributed by atoms with van der Waals surface area (Å²) in [5.74, 6) is -1.34. The second kappa shape index (κ2) is 6.86. The lowest BCUT2D eigenvalue weighted by atomic mass is 10.2. The van der Waals surface area contributed by atoms with Crippen molar-refractivity contribution in [3.05, 3.63) is 40.7 Å². The fraction of sp³-hybridized carbons (Fsp3) is 0.412. The average Bonchev–Trinajstić information content (AvgIpc) is 3.17. The van der Waals surface area contributed by atoms with Gasteiger partial charge in [-0.05, 0) is 26.8 Å². The average molecular weight is 396 g/mol. The second-order valence-electron chi connectivity index (χ2n) is 6.35. The van der Waals surface area contributed by atoms with Crippen LogP contribution in [0.5, 0.6) is 0 Å². The van der Waals surface area contributed by atoms with E-state index in [4.69, 9.17) is 8.83 Å². The Morgan fingerprint density at radius 1 is 1.07 bits per heavy atom. The van der Waals surface area contributed by atoms with Crippen LogP contribution < -0.4 is 0 Å². The van der Waals surface area contributed by atoms with Crippen LogP contribution in [-0.4, -0.2) is 60.8 Å². The molecule has 0 radical (unpaired) electrons. The Labute approximate surface area is 156 Å². The summed E-state index contributed by atoms with van der Waals surface area (Å²) in [7, 11) is -4.06. The minimum Gasteiger partial charge on any atom is -0.478 e. The highest BCUT2D eigenvalue weighted by Gasteiger charge is 2.37. The van der Waals surface area contributed by atoms with Crippen LogP contribution in [0, 0.1) is 20.8 Å². The Morgan fingerprint density at radius 3 is 2.22 bits per heavy atom. The quantitative estimate of drug-likeness (QED) is 0.834. The zero-order valence-electron chi connectivity index (χ0n) is 15.2. The van der Waals surface area contributed by atoms with Crippen molar-refractivity contribution in [3.63, 3.8) is 0 Å². The third-order valence-corrected chi connectivity index (χ3v) is 6.65. The molecule has 1 aliphatic rings. The first-order valence-corrected chi connectivity index (χ1v) is 9.75. The summed E-state index contributed by atoms with van der Waals surface area (Å²) in [6.45, 7) is 5.05. The van der Waals surface area contributed by atoms with Crippen LogP contribution in [0.1, 0.15) is 38.0 Å².